The quantitative estimate of drug-likeness (QED) is 0.685. The van der Waals surface area contributed by atoms with Crippen molar-refractivity contribution in [1.29, 1.82) is 0 Å². The van der Waals surface area contributed by atoms with E-state index in [-0.39, 0.29) is 0 Å². The molecule has 30 heavy (non-hydrogen) atoms. The number of hydrogen-bond acceptors (Lipinski definition) is 5. The van der Waals surface area contributed by atoms with E-state index in [4.69, 9.17) is 9.72 Å². The molecular formula is C24H27N3O2S. The topological polar surface area (TPSA) is 54.5 Å². The lowest BCUT2D eigenvalue weighted by atomic mass is 10.1. The first-order chi connectivity index (χ1) is 14.7. The molecule has 1 unspecified atom stereocenters. The third-order valence-electron chi connectivity index (χ3n) is 5.98. The van der Waals surface area contributed by atoms with Crippen LogP contribution in [0.5, 0.6) is 0 Å². The van der Waals surface area contributed by atoms with Gasteiger partial charge in [0.05, 0.1) is 16.3 Å². The molecule has 1 atom stereocenters. The van der Waals surface area contributed by atoms with Crippen molar-refractivity contribution in [2.75, 3.05) is 35.7 Å². The molecule has 0 aliphatic carbocycles. The van der Waals surface area contributed by atoms with Gasteiger partial charge in [0.25, 0.3) is 0 Å². The Balaban J connectivity index is 1.54. The number of benzene rings is 2. The molecule has 0 amide bonds. The van der Waals surface area contributed by atoms with Crippen molar-refractivity contribution in [2.45, 2.75) is 37.2 Å². The molecule has 3 heterocycles. The number of pyridine rings is 1. The van der Waals surface area contributed by atoms with E-state index < -0.39 is 10.8 Å². The molecule has 2 aliphatic rings. The first-order valence-electron chi connectivity index (χ1n) is 10.6. The van der Waals surface area contributed by atoms with Gasteiger partial charge in [0.15, 0.2) is 0 Å². The maximum Gasteiger partial charge on any atom is 0.131 e. The van der Waals surface area contributed by atoms with E-state index in [1.165, 1.54) is 5.56 Å². The van der Waals surface area contributed by atoms with Crippen LogP contribution in [0.15, 0.2) is 53.4 Å². The maximum atomic E-state index is 12.7. The molecule has 5 nitrogen and oxygen atoms in total. The average Bonchev–Trinajstić information content (AvgIpc) is 2.94. The van der Waals surface area contributed by atoms with Crippen LogP contribution in [0.2, 0.25) is 0 Å². The SMILES string of the molecule is Cc1ccc2nc(N3CCS(=O)c4ccccc4C3)cc(NC3CCOCC3)c2c1. The largest absolute Gasteiger partial charge is 0.381 e. The van der Waals surface area contributed by atoms with Gasteiger partial charge in [0.2, 0.25) is 0 Å². The van der Waals surface area contributed by atoms with Gasteiger partial charge < -0.3 is 15.0 Å². The van der Waals surface area contributed by atoms with Crippen LogP contribution in [-0.2, 0) is 22.1 Å². The van der Waals surface area contributed by atoms with E-state index in [1.807, 2.05) is 18.2 Å². The molecule has 1 saturated heterocycles. The summed E-state index contributed by atoms with van der Waals surface area (Å²) in [5.74, 6) is 1.56. The minimum Gasteiger partial charge on any atom is -0.381 e. The van der Waals surface area contributed by atoms with Gasteiger partial charge in [0.1, 0.15) is 5.82 Å². The van der Waals surface area contributed by atoms with Gasteiger partial charge in [-0.3, -0.25) is 4.21 Å². The number of hydrogen-bond donors (Lipinski definition) is 1. The van der Waals surface area contributed by atoms with Crippen molar-refractivity contribution in [1.82, 2.24) is 4.98 Å². The normalized spacial score (nSPS) is 20.0. The van der Waals surface area contributed by atoms with Crippen LogP contribution in [0.3, 0.4) is 0 Å². The zero-order valence-electron chi connectivity index (χ0n) is 17.3. The van der Waals surface area contributed by atoms with E-state index >= 15 is 0 Å². The summed E-state index contributed by atoms with van der Waals surface area (Å²) in [6.45, 7) is 5.18. The number of nitrogens with one attached hydrogen (secondary N) is 1. The molecule has 0 saturated carbocycles. The molecular weight excluding hydrogens is 394 g/mol. The van der Waals surface area contributed by atoms with Crippen LogP contribution in [0.1, 0.15) is 24.0 Å². The Bertz CT molecular complexity index is 1100. The van der Waals surface area contributed by atoms with Gasteiger partial charge in [0, 0.05) is 60.1 Å². The summed E-state index contributed by atoms with van der Waals surface area (Å²) in [5.41, 5.74) is 4.47. The van der Waals surface area contributed by atoms with Gasteiger partial charge in [-0.25, -0.2) is 4.98 Å². The fraction of sp³-hybridized carbons (Fsp3) is 0.375. The van der Waals surface area contributed by atoms with E-state index in [0.717, 1.165) is 72.0 Å². The Morgan fingerprint density at radius 3 is 2.83 bits per heavy atom. The smallest absolute Gasteiger partial charge is 0.131 e. The van der Waals surface area contributed by atoms with E-state index in [2.05, 4.69) is 47.5 Å². The minimum absolute atomic E-state index is 0.412. The predicted molar refractivity (Wildman–Crippen MR) is 123 cm³/mol. The molecule has 1 fully saturated rings. The molecule has 2 aromatic carbocycles. The molecule has 0 bridgehead atoms. The number of aryl methyl sites for hydroxylation is 1. The Morgan fingerprint density at radius 1 is 1.13 bits per heavy atom. The Hall–Kier alpha value is -2.44. The highest BCUT2D eigenvalue weighted by atomic mass is 32.2. The van der Waals surface area contributed by atoms with Crippen LogP contribution in [0, 0.1) is 6.92 Å². The molecule has 5 rings (SSSR count). The second-order valence-electron chi connectivity index (χ2n) is 8.16. The molecule has 6 heteroatoms. The average molecular weight is 422 g/mol. The fourth-order valence-corrected chi connectivity index (χ4v) is 5.57. The highest BCUT2D eigenvalue weighted by molar-refractivity contribution is 7.85. The second kappa shape index (κ2) is 8.36. The number of anilines is 2. The summed E-state index contributed by atoms with van der Waals surface area (Å²) in [5, 5.41) is 4.92. The molecule has 2 aliphatic heterocycles. The zero-order valence-corrected chi connectivity index (χ0v) is 18.1. The first-order valence-corrected chi connectivity index (χ1v) is 12.0. The standard InChI is InChI=1S/C24H27N3O2S/c1-17-6-7-21-20(14-17)22(25-19-8-11-29-12-9-19)15-24(26-21)27-10-13-30(28)23-5-3-2-4-18(23)16-27/h2-7,14-15,19H,8-13,16H2,1H3,(H,25,26). The Morgan fingerprint density at radius 2 is 1.97 bits per heavy atom. The number of fused-ring (bicyclic) bond motifs is 2. The fourth-order valence-electron chi connectivity index (χ4n) is 4.31. The summed E-state index contributed by atoms with van der Waals surface area (Å²) < 4.78 is 18.2. The lowest BCUT2D eigenvalue weighted by molar-refractivity contribution is 0.0905. The lowest BCUT2D eigenvalue weighted by Gasteiger charge is -2.27. The van der Waals surface area contributed by atoms with Crippen LogP contribution >= 0.6 is 0 Å². The molecule has 1 N–H and O–H groups in total. The molecule has 1 aromatic heterocycles. The van der Waals surface area contributed by atoms with Crippen LogP contribution in [0.4, 0.5) is 11.5 Å². The molecule has 3 aromatic rings. The van der Waals surface area contributed by atoms with Gasteiger partial charge in [-0.2, -0.15) is 0 Å². The zero-order chi connectivity index (χ0) is 20.5. The second-order valence-corrected chi connectivity index (χ2v) is 9.70. The molecule has 0 radical (unpaired) electrons. The van der Waals surface area contributed by atoms with Crippen molar-refractivity contribution >= 4 is 33.2 Å². The third kappa shape index (κ3) is 3.94. The van der Waals surface area contributed by atoms with Gasteiger partial charge in [-0.15, -0.1) is 0 Å². The first kappa shape index (κ1) is 19.5. The van der Waals surface area contributed by atoms with Crippen LogP contribution < -0.4 is 10.2 Å². The van der Waals surface area contributed by atoms with E-state index in [9.17, 15) is 4.21 Å². The van der Waals surface area contributed by atoms with Crippen molar-refractivity contribution < 1.29 is 8.95 Å². The number of nitrogens with zero attached hydrogens (tertiary/aromatic N) is 2. The monoisotopic (exact) mass is 421 g/mol. The van der Waals surface area contributed by atoms with Gasteiger partial charge >= 0.3 is 0 Å². The molecule has 156 valence electrons. The highest BCUT2D eigenvalue weighted by Crippen LogP contribution is 2.31. The predicted octanol–water partition coefficient (Wildman–Crippen LogP) is 4.26. The summed E-state index contributed by atoms with van der Waals surface area (Å²) >= 11 is 0. The third-order valence-corrected chi connectivity index (χ3v) is 7.42. The highest BCUT2D eigenvalue weighted by Gasteiger charge is 2.22. The van der Waals surface area contributed by atoms with Crippen molar-refractivity contribution in [3.63, 3.8) is 0 Å². The summed E-state index contributed by atoms with van der Waals surface area (Å²) in [4.78, 5) is 8.21. The Labute approximate surface area is 179 Å². The number of rotatable bonds is 3. The van der Waals surface area contributed by atoms with Gasteiger partial charge in [-0.1, -0.05) is 29.8 Å². The maximum absolute atomic E-state index is 12.7. The van der Waals surface area contributed by atoms with Crippen LogP contribution in [-0.4, -0.2) is 40.7 Å². The molecule has 0 spiro atoms. The Kier molecular flexibility index (Phi) is 5.44. The van der Waals surface area contributed by atoms with Crippen molar-refractivity contribution in [2.24, 2.45) is 0 Å². The van der Waals surface area contributed by atoms with Crippen molar-refractivity contribution in [3.05, 3.63) is 59.7 Å². The van der Waals surface area contributed by atoms with Gasteiger partial charge in [-0.05, 0) is 43.5 Å². The van der Waals surface area contributed by atoms with E-state index in [0.29, 0.717) is 11.8 Å². The number of ether oxygens (including phenoxy) is 1. The number of aromatic nitrogens is 1. The van der Waals surface area contributed by atoms with Crippen molar-refractivity contribution in [3.8, 4) is 0 Å². The van der Waals surface area contributed by atoms with Crippen LogP contribution in [0.25, 0.3) is 10.9 Å². The summed E-state index contributed by atoms with van der Waals surface area (Å²) in [6.07, 6.45) is 2.03. The minimum atomic E-state index is -0.967. The summed E-state index contributed by atoms with van der Waals surface area (Å²) in [7, 11) is -0.967. The summed E-state index contributed by atoms with van der Waals surface area (Å²) in [6, 6.07) is 17.1. The van der Waals surface area contributed by atoms with E-state index in [1.54, 1.807) is 0 Å². The lowest BCUT2D eigenvalue weighted by Crippen LogP contribution is -2.29.